The zero-order chi connectivity index (χ0) is 22.1. The van der Waals surface area contributed by atoms with E-state index < -0.39 is 52.1 Å². The van der Waals surface area contributed by atoms with E-state index in [1.807, 2.05) is 0 Å². The number of amides is 3. The number of nitrogens with zero attached hydrogens (tertiary/aromatic N) is 1. The number of hydrogen-bond donors (Lipinski definition) is 3. The third-order valence-corrected chi connectivity index (χ3v) is 6.49. The van der Waals surface area contributed by atoms with Crippen molar-refractivity contribution in [1.29, 1.82) is 0 Å². The van der Waals surface area contributed by atoms with Gasteiger partial charge in [-0.25, -0.2) is 9.59 Å². The van der Waals surface area contributed by atoms with E-state index in [1.54, 1.807) is 44.2 Å². The Balaban J connectivity index is 1.75. The van der Waals surface area contributed by atoms with Crippen molar-refractivity contribution in [3.05, 3.63) is 35.9 Å². The third kappa shape index (κ3) is 3.93. The van der Waals surface area contributed by atoms with Crippen LogP contribution in [0.3, 0.4) is 0 Å². The van der Waals surface area contributed by atoms with Crippen LogP contribution in [0.25, 0.3) is 0 Å². The van der Waals surface area contributed by atoms with Crippen LogP contribution in [0.5, 0.6) is 0 Å². The van der Waals surface area contributed by atoms with Crippen LogP contribution in [0.2, 0.25) is 0 Å². The zero-order valence-electron chi connectivity index (χ0n) is 16.3. The molecule has 10 heteroatoms. The van der Waals surface area contributed by atoms with Gasteiger partial charge in [0.2, 0.25) is 11.8 Å². The summed E-state index contributed by atoms with van der Waals surface area (Å²) in [4.78, 5) is 50.4. The number of carbonyl (C=O) groups excluding carboxylic acids is 3. The molecule has 1 aromatic carbocycles. The summed E-state index contributed by atoms with van der Waals surface area (Å²) in [7, 11) is 0. The molecule has 0 aromatic heterocycles. The minimum atomic E-state index is -1.12. The third-order valence-electron chi connectivity index (χ3n) is 4.92. The summed E-state index contributed by atoms with van der Waals surface area (Å²) in [5, 5.41) is 14.1. The average molecular weight is 431 g/mol. The van der Waals surface area contributed by atoms with Crippen molar-refractivity contribution in [1.82, 2.24) is 15.5 Å². The molecule has 2 heterocycles. The number of ether oxygens (including phenoxy) is 1. The number of carboxylic acids is 1. The highest BCUT2D eigenvalue weighted by atomic mass is 32.2. The number of fused-ring (bicyclic) bond motifs is 1. The van der Waals surface area contributed by atoms with Crippen molar-refractivity contribution < 1.29 is 29.0 Å². The van der Waals surface area contributed by atoms with E-state index in [0.29, 0.717) is 5.56 Å². The van der Waals surface area contributed by atoms with Gasteiger partial charge in [-0.2, -0.15) is 0 Å². The van der Waals surface area contributed by atoms with Gasteiger partial charge in [-0.05, 0) is 19.4 Å². The molecule has 3 N–H and O–H groups in total. The molecule has 2 aliphatic heterocycles. The highest BCUT2D eigenvalue weighted by Gasteiger charge is 2.64. The van der Waals surface area contributed by atoms with Gasteiger partial charge in [0.05, 0.1) is 0 Å². The number of rotatable bonds is 6. The van der Waals surface area contributed by atoms with Crippen molar-refractivity contribution in [2.24, 2.45) is 0 Å². The summed E-state index contributed by atoms with van der Waals surface area (Å²) in [6, 6.07) is 5.47. The van der Waals surface area contributed by atoms with E-state index in [-0.39, 0.29) is 6.61 Å². The molecule has 0 bridgehead atoms. The first kappa shape index (κ1) is 21.5. The highest BCUT2D eigenvalue weighted by molar-refractivity contribution is 8.01. The minimum absolute atomic E-state index is 0.255. The van der Waals surface area contributed by atoms with Crippen molar-refractivity contribution >= 4 is 35.6 Å². The number of benzene rings is 1. The van der Waals surface area contributed by atoms with Crippen LogP contribution >= 0.6 is 11.8 Å². The SMILES string of the molecule is C#CCOC(=O)N[C@@H](C(=O)N[C@@H]1C(=O)N2[C@@H]1SC(C)(C)[C@@H]2C(=O)O)c1ccccc1. The molecular formula is C20H21N3O6S. The first-order valence-electron chi connectivity index (χ1n) is 9.12. The number of carboxylic acid groups (broad SMARTS) is 1. The molecule has 4 atom stereocenters. The fraction of sp³-hybridized carbons (Fsp3) is 0.400. The molecular weight excluding hydrogens is 410 g/mol. The Morgan fingerprint density at radius 2 is 2.00 bits per heavy atom. The predicted molar refractivity (Wildman–Crippen MR) is 108 cm³/mol. The van der Waals surface area contributed by atoms with Gasteiger partial charge in [-0.1, -0.05) is 36.3 Å². The van der Waals surface area contributed by atoms with Gasteiger partial charge >= 0.3 is 12.1 Å². The second-order valence-corrected chi connectivity index (χ2v) is 9.12. The molecule has 0 radical (unpaired) electrons. The van der Waals surface area contributed by atoms with Crippen molar-refractivity contribution in [3.8, 4) is 12.3 Å². The Labute approximate surface area is 177 Å². The molecule has 2 saturated heterocycles. The first-order chi connectivity index (χ1) is 14.2. The van der Waals surface area contributed by atoms with E-state index in [0.717, 1.165) is 0 Å². The number of alkyl carbamates (subject to hydrolysis) is 1. The quantitative estimate of drug-likeness (QED) is 0.448. The summed E-state index contributed by atoms with van der Waals surface area (Å²) >= 11 is 1.32. The molecule has 3 amide bonds. The molecule has 3 rings (SSSR count). The Morgan fingerprint density at radius 1 is 1.33 bits per heavy atom. The number of terminal acetylenes is 1. The fourth-order valence-electron chi connectivity index (χ4n) is 3.59. The number of nitrogens with one attached hydrogen (secondary N) is 2. The predicted octanol–water partition coefficient (Wildman–Crippen LogP) is 0.719. The maximum Gasteiger partial charge on any atom is 0.409 e. The highest BCUT2D eigenvalue weighted by Crippen LogP contribution is 2.50. The van der Waals surface area contributed by atoms with E-state index >= 15 is 0 Å². The van der Waals surface area contributed by atoms with E-state index in [4.69, 9.17) is 11.2 Å². The molecule has 30 heavy (non-hydrogen) atoms. The van der Waals surface area contributed by atoms with Crippen LogP contribution in [0.4, 0.5) is 4.79 Å². The molecule has 158 valence electrons. The second kappa shape index (κ2) is 8.28. The maximum absolute atomic E-state index is 12.9. The topological polar surface area (TPSA) is 125 Å². The van der Waals surface area contributed by atoms with Crippen molar-refractivity contribution in [2.75, 3.05) is 6.61 Å². The Bertz CT molecular complexity index is 913. The number of hydrogen-bond acceptors (Lipinski definition) is 6. The summed E-state index contributed by atoms with van der Waals surface area (Å²) in [5.41, 5.74) is 0.485. The molecule has 1 aromatic rings. The smallest absolute Gasteiger partial charge is 0.409 e. The summed E-state index contributed by atoms with van der Waals surface area (Å²) in [6.45, 7) is 3.24. The van der Waals surface area contributed by atoms with Gasteiger partial charge in [0, 0.05) is 4.75 Å². The van der Waals surface area contributed by atoms with E-state index in [9.17, 15) is 24.3 Å². The van der Waals surface area contributed by atoms with Crippen LogP contribution in [-0.4, -0.2) is 62.7 Å². The molecule has 0 unspecified atom stereocenters. The van der Waals surface area contributed by atoms with Gasteiger partial charge in [0.25, 0.3) is 0 Å². The fourth-order valence-corrected chi connectivity index (χ4v) is 5.22. The van der Waals surface area contributed by atoms with Gasteiger partial charge < -0.3 is 25.4 Å². The van der Waals surface area contributed by atoms with Crippen molar-refractivity contribution in [2.45, 2.75) is 42.1 Å². The minimum Gasteiger partial charge on any atom is -0.480 e. The molecule has 2 fully saturated rings. The molecule has 2 aliphatic rings. The number of aliphatic carboxylic acids is 1. The lowest BCUT2D eigenvalue weighted by atomic mass is 9.95. The first-order valence-corrected chi connectivity index (χ1v) is 10.00. The van der Waals surface area contributed by atoms with Crippen LogP contribution in [0.15, 0.2) is 30.3 Å². The lowest BCUT2D eigenvalue weighted by Gasteiger charge is -2.43. The lowest BCUT2D eigenvalue weighted by Crippen LogP contribution is -2.71. The van der Waals surface area contributed by atoms with Gasteiger partial charge in [-0.3, -0.25) is 9.59 Å². The zero-order valence-corrected chi connectivity index (χ0v) is 17.1. The number of carbonyl (C=O) groups is 4. The molecule has 0 saturated carbocycles. The Morgan fingerprint density at radius 3 is 2.60 bits per heavy atom. The standard InChI is InChI=1S/C20H21N3O6S/c1-4-10-29-19(28)22-12(11-8-6-5-7-9-11)15(24)21-13-16(25)23-14(18(26)27)20(2,3)30-17(13)23/h1,5-9,12-14,17H,10H2,2-3H3,(H,21,24)(H,22,28)(H,26,27)/t12-,13-,14+,17-/m1/s1. The molecule has 0 spiro atoms. The average Bonchev–Trinajstić information content (AvgIpc) is 2.97. The monoisotopic (exact) mass is 431 g/mol. The van der Waals surface area contributed by atoms with Gasteiger partial charge in [0.1, 0.15) is 23.5 Å². The number of β-lactam (4-membered cyclic amide) rings is 1. The Kier molecular flexibility index (Phi) is 5.94. The van der Waals surface area contributed by atoms with E-state index in [1.165, 1.54) is 16.7 Å². The number of thioether (sulfide) groups is 1. The summed E-state index contributed by atoms with van der Waals surface area (Å²) in [5.74, 6) is -0.0192. The summed E-state index contributed by atoms with van der Waals surface area (Å²) < 4.78 is 4.08. The second-order valence-electron chi connectivity index (χ2n) is 7.35. The van der Waals surface area contributed by atoms with Crippen LogP contribution in [0.1, 0.15) is 25.5 Å². The summed E-state index contributed by atoms with van der Waals surface area (Å²) in [6.07, 6.45) is 4.19. The van der Waals surface area contributed by atoms with Gasteiger partial charge in [0.15, 0.2) is 6.61 Å². The molecule has 9 nitrogen and oxygen atoms in total. The largest absolute Gasteiger partial charge is 0.480 e. The maximum atomic E-state index is 12.9. The van der Waals surface area contributed by atoms with Crippen molar-refractivity contribution in [3.63, 3.8) is 0 Å². The molecule has 0 aliphatic carbocycles. The normalized spacial score (nSPS) is 24.6. The Hall–Kier alpha value is -3.19. The van der Waals surface area contributed by atoms with Crippen LogP contribution in [0, 0.1) is 12.3 Å². The lowest BCUT2D eigenvalue weighted by molar-refractivity contribution is -0.161. The van der Waals surface area contributed by atoms with Crippen LogP contribution in [-0.2, 0) is 19.1 Å². The van der Waals surface area contributed by atoms with E-state index in [2.05, 4.69) is 16.6 Å². The van der Waals surface area contributed by atoms with Gasteiger partial charge in [-0.15, -0.1) is 18.2 Å². The van der Waals surface area contributed by atoms with Crippen LogP contribution < -0.4 is 10.6 Å².